The van der Waals surface area contributed by atoms with Gasteiger partial charge < -0.3 is 10.6 Å². The first-order valence-electron chi connectivity index (χ1n) is 6.28. The molecule has 1 saturated carbocycles. The highest BCUT2D eigenvalue weighted by Gasteiger charge is 2.21. The van der Waals surface area contributed by atoms with Gasteiger partial charge in [-0.3, -0.25) is 0 Å². The summed E-state index contributed by atoms with van der Waals surface area (Å²) in [5, 5.41) is 7.49. The Balaban J connectivity index is 1.93. The van der Waals surface area contributed by atoms with Gasteiger partial charge in [0.1, 0.15) is 5.82 Å². The summed E-state index contributed by atoms with van der Waals surface area (Å²) >= 11 is 6.13. The number of nitrogens with one attached hydrogen (secondary N) is 2. The van der Waals surface area contributed by atoms with Crippen LogP contribution in [0.4, 0.5) is 5.82 Å². The molecule has 0 bridgehead atoms. The summed E-state index contributed by atoms with van der Waals surface area (Å²) in [6, 6.07) is 4.50. The van der Waals surface area contributed by atoms with Crippen LogP contribution in [0.15, 0.2) is 12.1 Å². The van der Waals surface area contributed by atoms with Gasteiger partial charge in [0.05, 0.1) is 10.7 Å². The van der Waals surface area contributed by atoms with Gasteiger partial charge in [0.15, 0.2) is 0 Å². The molecular formula is C13H20ClN3. The number of hydrogen-bond acceptors (Lipinski definition) is 3. The van der Waals surface area contributed by atoms with Crippen LogP contribution in [0.1, 0.15) is 32.4 Å². The second-order valence-corrected chi connectivity index (χ2v) is 5.48. The predicted molar refractivity (Wildman–Crippen MR) is 72.4 cm³/mol. The Bertz CT molecular complexity index is 375. The minimum atomic E-state index is 0.625. The lowest BCUT2D eigenvalue weighted by atomic mass is 10.2. The van der Waals surface area contributed by atoms with Crippen molar-refractivity contribution in [1.82, 2.24) is 10.3 Å². The monoisotopic (exact) mass is 253 g/mol. The Labute approximate surface area is 108 Å². The summed E-state index contributed by atoms with van der Waals surface area (Å²) in [7, 11) is 0. The SMILES string of the molecule is CC(C)CNCc1nc(NC2CC2)ccc1Cl. The van der Waals surface area contributed by atoms with Gasteiger partial charge in [-0.05, 0) is 37.4 Å². The molecule has 2 N–H and O–H groups in total. The molecule has 3 nitrogen and oxygen atoms in total. The molecule has 0 amide bonds. The van der Waals surface area contributed by atoms with E-state index in [4.69, 9.17) is 11.6 Å². The molecule has 1 aromatic heterocycles. The van der Waals surface area contributed by atoms with E-state index in [0.29, 0.717) is 12.0 Å². The van der Waals surface area contributed by atoms with E-state index < -0.39 is 0 Å². The molecule has 2 rings (SSSR count). The van der Waals surface area contributed by atoms with Crippen molar-refractivity contribution >= 4 is 17.4 Å². The number of anilines is 1. The van der Waals surface area contributed by atoms with Crippen molar-refractivity contribution in [3.63, 3.8) is 0 Å². The quantitative estimate of drug-likeness (QED) is 0.818. The summed E-state index contributed by atoms with van der Waals surface area (Å²) in [6.45, 7) is 6.09. The summed E-state index contributed by atoms with van der Waals surface area (Å²) < 4.78 is 0. The molecule has 4 heteroatoms. The average Bonchev–Trinajstić information content (AvgIpc) is 3.06. The van der Waals surface area contributed by atoms with Crippen LogP contribution in [0.3, 0.4) is 0 Å². The molecule has 1 aliphatic carbocycles. The van der Waals surface area contributed by atoms with Crippen LogP contribution in [0.5, 0.6) is 0 Å². The minimum Gasteiger partial charge on any atom is -0.367 e. The van der Waals surface area contributed by atoms with Crippen LogP contribution in [-0.2, 0) is 6.54 Å². The second-order valence-electron chi connectivity index (χ2n) is 5.07. The Morgan fingerprint density at radius 1 is 1.41 bits per heavy atom. The van der Waals surface area contributed by atoms with Crippen LogP contribution >= 0.6 is 11.6 Å². The molecule has 94 valence electrons. The molecule has 0 unspecified atom stereocenters. The summed E-state index contributed by atoms with van der Waals surface area (Å²) in [6.07, 6.45) is 2.51. The van der Waals surface area contributed by atoms with E-state index in [9.17, 15) is 0 Å². The highest BCUT2D eigenvalue weighted by molar-refractivity contribution is 6.31. The van der Waals surface area contributed by atoms with Crippen molar-refractivity contribution in [3.8, 4) is 0 Å². The number of hydrogen-bond donors (Lipinski definition) is 2. The first-order valence-corrected chi connectivity index (χ1v) is 6.65. The third-order valence-electron chi connectivity index (χ3n) is 2.69. The third kappa shape index (κ3) is 4.17. The van der Waals surface area contributed by atoms with Gasteiger partial charge in [0.25, 0.3) is 0 Å². The molecule has 1 aromatic rings. The molecule has 0 aliphatic heterocycles. The highest BCUT2D eigenvalue weighted by Crippen LogP contribution is 2.25. The maximum Gasteiger partial charge on any atom is 0.126 e. The van der Waals surface area contributed by atoms with Gasteiger partial charge in [-0.2, -0.15) is 0 Å². The first kappa shape index (κ1) is 12.7. The van der Waals surface area contributed by atoms with Crippen LogP contribution in [-0.4, -0.2) is 17.6 Å². The molecule has 1 aliphatic rings. The second kappa shape index (κ2) is 5.69. The molecule has 17 heavy (non-hydrogen) atoms. The van der Waals surface area contributed by atoms with E-state index in [1.54, 1.807) is 0 Å². The van der Waals surface area contributed by atoms with Gasteiger partial charge in [-0.1, -0.05) is 25.4 Å². The van der Waals surface area contributed by atoms with Gasteiger partial charge in [0.2, 0.25) is 0 Å². The molecule has 1 fully saturated rings. The fourth-order valence-corrected chi connectivity index (χ4v) is 1.78. The van der Waals surface area contributed by atoms with E-state index in [-0.39, 0.29) is 0 Å². The van der Waals surface area contributed by atoms with Crippen molar-refractivity contribution in [2.45, 2.75) is 39.3 Å². The summed E-state index contributed by atoms with van der Waals surface area (Å²) in [4.78, 5) is 4.54. The predicted octanol–water partition coefficient (Wildman–Crippen LogP) is 3.05. The summed E-state index contributed by atoms with van der Waals surface area (Å²) in [5.74, 6) is 1.58. The fraction of sp³-hybridized carbons (Fsp3) is 0.615. The molecule has 0 aromatic carbocycles. The maximum absolute atomic E-state index is 6.13. The van der Waals surface area contributed by atoms with E-state index in [1.165, 1.54) is 12.8 Å². The van der Waals surface area contributed by atoms with Gasteiger partial charge in [-0.25, -0.2) is 4.98 Å². The van der Waals surface area contributed by atoms with Crippen molar-refractivity contribution in [2.75, 3.05) is 11.9 Å². The first-order chi connectivity index (χ1) is 8.15. The van der Waals surface area contributed by atoms with Gasteiger partial charge in [0, 0.05) is 12.6 Å². The number of rotatable bonds is 6. The minimum absolute atomic E-state index is 0.625. The zero-order chi connectivity index (χ0) is 12.3. The van der Waals surface area contributed by atoms with E-state index in [1.807, 2.05) is 12.1 Å². The van der Waals surface area contributed by atoms with Crippen molar-refractivity contribution < 1.29 is 0 Å². The molecule has 0 atom stereocenters. The Morgan fingerprint density at radius 3 is 2.82 bits per heavy atom. The van der Waals surface area contributed by atoms with Crippen LogP contribution < -0.4 is 10.6 Å². The zero-order valence-corrected chi connectivity index (χ0v) is 11.2. The molecular weight excluding hydrogens is 234 g/mol. The number of aromatic nitrogens is 1. The zero-order valence-electron chi connectivity index (χ0n) is 10.5. The smallest absolute Gasteiger partial charge is 0.126 e. The van der Waals surface area contributed by atoms with Crippen molar-refractivity contribution in [3.05, 3.63) is 22.8 Å². The number of nitrogens with zero attached hydrogens (tertiary/aromatic N) is 1. The third-order valence-corrected chi connectivity index (χ3v) is 3.04. The van der Waals surface area contributed by atoms with Gasteiger partial charge in [-0.15, -0.1) is 0 Å². The summed E-state index contributed by atoms with van der Waals surface area (Å²) in [5.41, 5.74) is 0.929. The maximum atomic E-state index is 6.13. The Kier molecular flexibility index (Phi) is 4.24. The lowest BCUT2D eigenvalue weighted by molar-refractivity contribution is 0.548. The fourth-order valence-electron chi connectivity index (χ4n) is 1.60. The molecule has 0 radical (unpaired) electrons. The lowest BCUT2D eigenvalue weighted by Gasteiger charge is -2.10. The van der Waals surface area contributed by atoms with E-state index in [2.05, 4.69) is 29.5 Å². The van der Waals surface area contributed by atoms with E-state index in [0.717, 1.165) is 29.6 Å². The Morgan fingerprint density at radius 2 is 2.18 bits per heavy atom. The van der Waals surface area contributed by atoms with Crippen LogP contribution in [0.2, 0.25) is 5.02 Å². The topological polar surface area (TPSA) is 37.0 Å². The molecule has 0 spiro atoms. The number of halogens is 1. The van der Waals surface area contributed by atoms with Crippen molar-refractivity contribution in [2.24, 2.45) is 5.92 Å². The van der Waals surface area contributed by atoms with Crippen LogP contribution in [0.25, 0.3) is 0 Å². The normalized spacial score (nSPS) is 15.3. The average molecular weight is 254 g/mol. The Hall–Kier alpha value is -0.800. The molecule has 1 heterocycles. The van der Waals surface area contributed by atoms with E-state index >= 15 is 0 Å². The van der Waals surface area contributed by atoms with Crippen LogP contribution in [0, 0.1) is 5.92 Å². The molecule has 0 saturated heterocycles. The lowest BCUT2D eigenvalue weighted by Crippen LogP contribution is -2.20. The highest BCUT2D eigenvalue weighted by atomic mass is 35.5. The standard InChI is InChI=1S/C13H20ClN3/c1-9(2)7-15-8-12-11(14)5-6-13(17-12)16-10-3-4-10/h5-6,9-10,15H,3-4,7-8H2,1-2H3,(H,16,17). The van der Waals surface area contributed by atoms with Crippen molar-refractivity contribution in [1.29, 1.82) is 0 Å². The largest absolute Gasteiger partial charge is 0.367 e. The number of pyridine rings is 1. The van der Waals surface area contributed by atoms with Gasteiger partial charge >= 0.3 is 0 Å².